The van der Waals surface area contributed by atoms with Crippen molar-refractivity contribution in [2.75, 3.05) is 0 Å². The highest BCUT2D eigenvalue weighted by Gasteiger charge is 2.11. The average molecular weight is 350 g/mol. The molecule has 134 valence electrons. The second-order valence-electron chi connectivity index (χ2n) is 5.58. The number of hydrogen-bond acceptors (Lipinski definition) is 3. The molecule has 0 aliphatic heterocycles. The number of phenolic OH excluding ortho intramolecular Hbond substituents is 1. The van der Waals surface area contributed by atoms with E-state index in [1.54, 1.807) is 42.5 Å². The Hall–Kier alpha value is -2.83. The summed E-state index contributed by atoms with van der Waals surface area (Å²) in [6.07, 6.45) is 0.596. The minimum absolute atomic E-state index is 0.0370. The summed E-state index contributed by atoms with van der Waals surface area (Å²) in [5.41, 5.74) is 1.44. The molecule has 5 nitrogen and oxygen atoms in total. The highest BCUT2D eigenvalue weighted by Crippen LogP contribution is 2.19. The fourth-order valence-electron chi connectivity index (χ4n) is 2.35. The topological polar surface area (TPSA) is 70.6 Å². The molecule has 0 radical (unpaired) electrons. The monoisotopic (exact) mass is 350 g/mol. The molecule has 2 rings (SSSR count). The number of nitrogens with one attached hydrogen (secondary N) is 2. The summed E-state index contributed by atoms with van der Waals surface area (Å²) in [5.74, 6) is 0.224. The van der Waals surface area contributed by atoms with E-state index in [9.17, 15) is 18.7 Å². The van der Waals surface area contributed by atoms with E-state index in [1.165, 1.54) is 6.07 Å². The van der Waals surface area contributed by atoms with Crippen LogP contribution in [0.1, 0.15) is 18.1 Å². The van der Waals surface area contributed by atoms with Gasteiger partial charge in [0.2, 0.25) is 0 Å². The van der Waals surface area contributed by atoms with Crippen LogP contribution in [0.2, 0.25) is 0 Å². The fourth-order valence-corrected chi connectivity index (χ4v) is 2.35. The SMILES string of the molecule is CC(Cc1ccc(O)cc1)NC(=O)NCc1ccccc1OC(F)F. The molecule has 2 aromatic rings. The molecule has 0 spiro atoms. The number of para-hydroxylation sites is 1. The summed E-state index contributed by atoms with van der Waals surface area (Å²) >= 11 is 0. The minimum atomic E-state index is -2.92. The molecule has 0 fully saturated rings. The van der Waals surface area contributed by atoms with Gasteiger partial charge in [0.05, 0.1) is 0 Å². The van der Waals surface area contributed by atoms with E-state index >= 15 is 0 Å². The summed E-state index contributed by atoms with van der Waals surface area (Å²) in [6.45, 7) is -0.999. The Balaban J connectivity index is 1.83. The predicted molar refractivity (Wildman–Crippen MR) is 89.7 cm³/mol. The van der Waals surface area contributed by atoms with Crippen LogP contribution < -0.4 is 15.4 Å². The molecule has 1 atom stereocenters. The molecular formula is C18H20F2N2O3. The predicted octanol–water partition coefficient (Wildman–Crippen LogP) is 3.42. The number of amides is 2. The second kappa shape index (κ2) is 8.86. The van der Waals surface area contributed by atoms with Gasteiger partial charge >= 0.3 is 12.6 Å². The van der Waals surface area contributed by atoms with Crippen molar-refractivity contribution in [2.24, 2.45) is 0 Å². The molecule has 3 N–H and O–H groups in total. The summed E-state index contributed by atoms with van der Waals surface area (Å²) in [6, 6.07) is 12.5. The van der Waals surface area contributed by atoms with Crippen LogP contribution in [0.4, 0.5) is 13.6 Å². The highest BCUT2D eigenvalue weighted by molar-refractivity contribution is 5.74. The maximum atomic E-state index is 12.4. The lowest BCUT2D eigenvalue weighted by atomic mass is 10.1. The molecule has 0 aliphatic carbocycles. The first-order valence-corrected chi connectivity index (χ1v) is 7.79. The quantitative estimate of drug-likeness (QED) is 0.716. The summed E-state index contributed by atoms with van der Waals surface area (Å²) in [5, 5.41) is 14.6. The number of rotatable bonds is 7. The zero-order valence-electron chi connectivity index (χ0n) is 13.7. The van der Waals surface area contributed by atoms with Crippen molar-refractivity contribution >= 4 is 6.03 Å². The van der Waals surface area contributed by atoms with E-state index in [2.05, 4.69) is 15.4 Å². The lowest BCUT2D eigenvalue weighted by Crippen LogP contribution is -2.41. The number of hydrogen-bond donors (Lipinski definition) is 3. The minimum Gasteiger partial charge on any atom is -0.508 e. The van der Waals surface area contributed by atoms with Crippen LogP contribution in [0.3, 0.4) is 0 Å². The van der Waals surface area contributed by atoms with Crippen molar-refractivity contribution in [3.63, 3.8) is 0 Å². The molecule has 0 bridgehead atoms. The van der Waals surface area contributed by atoms with Crippen molar-refractivity contribution in [3.05, 3.63) is 59.7 Å². The molecule has 7 heteroatoms. The van der Waals surface area contributed by atoms with Gasteiger partial charge in [-0.05, 0) is 37.1 Å². The number of halogens is 2. The molecule has 2 aromatic carbocycles. The number of alkyl halides is 2. The maximum Gasteiger partial charge on any atom is 0.387 e. The molecule has 2 amide bonds. The summed E-state index contributed by atoms with van der Waals surface area (Å²) in [4.78, 5) is 12.0. The van der Waals surface area contributed by atoms with E-state index in [0.29, 0.717) is 12.0 Å². The molecule has 25 heavy (non-hydrogen) atoms. The Morgan fingerprint density at radius 1 is 1.16 bits per heavy atom. The maximum absolute atomic E-state index is 12.4. The number of phenols is 1. The molecule has 0 aliphatic rings. The van der Waals surface area contributed by atoms with Gasteiger partial charge in [0.1, 0.15) is 11.5 Å². The first kappa shape index (κ1) is 18.5. The zero-order chi connectivity index (χ0) is 18.2. The number of urea groups is 1. The average Bonchev–Trinajstić information content (AvgIpc) is 2.55. The van der Waals surface area contributed by atoms with Crippen molar-refractivity contribution < 1.29 is 23.4 Å². The lowest BCUT2D eigenvalue weighted by molar-refractivity contribution is -0.0504. The Kier molecular flexibility index (Phi) is 6.56. The summed E-state index contributed by atoms with van der Waals surface area (Å²) in [7, 11) is 0. The van der Waals surface area contributed by atoms with E-state index in [-0.39, 0.29) is 24.1 Å². The molecular weight excluding hydrogens is 330 g/mol. The third-order valence-corrected chi connectivity index (χ3v) is 3.48. The van der Waals surface area contributed by atoms with Crippen molar-refractivity contribution in [2.45, 2.75) is 32.5 Å². The van der Waals surface area contributed by atoms with Gasteiger partial charge in [-0.2, -0.15) is 8.78 Å². The number of carbonyl (C=O) groups excluding carboxylic acids is 1. The van der Waals surface area contributed by atoms with E-state index in [0.717, 1.165) is 5.56 Å². The van der Waals surface area contributed by atoms with Gasteiger partial charge in [0.15, 0.2) is 0 Å². The third kappa shape index (κ3) is 6.29. The number of carbonyl (C=O) groups is 1. The van der Waals surface area contributed by atoms with E-state index in [1.807, 2.05) is 6.92 Å². The van der Waals surface area contributed by atoms with E-state index in [4.69, 9.17) is 0 Å². The van der Waals surface area contributed by atoms with Crippen LogP contribution >= 0.6 is 0 Å². The normalized spacial score (nSPS) is 11.8. The smallest absolute Gasteiger partial charge is 0.387 e. The number of benzene rings is 2. The Morgan fingerprint density at radius 3 is 2.52 bits per heavy atom. The van der Waals surface area contributed by atoms with Gasteiger partial charge in [-0.3, -0.25) is 0 Å². The van der Waals surface area contributed by atoms with Crippen LogP contribution in [0.25, 0.3) is 0 Å². The zero-order valence-corrected chi connectivity index (χ0v) is 13.7. The van der Waals surface area contributed by atoms with Gasteiger partial charge in [-0.1, -0.05) is 30.3 Å². The summed E-state index contributed by atoms with van der Waals surface area (Å²) < 4.78 is 29.2. The van der Waals surface area contributed by atoms with Crippen LogP contribution in [-0.2, 0) is 13.0 Å². The molecule has 0 saturated heterocycles. The van der Waals surface area contributed by atoms with Crippen LogP contribution in [0.5, 0.6) is 11.5 Å². The van der Waals surface area contributed by atoms with Crippen LogP contribution in [-0.4, -0.2) is 23.8 Å². The molecule has 1 unspecified atom stereocenters. The van der Waals surface area contributed by atoms with Crippen molar-refractivity contribution in [1.29, 1.82) is 0 Å². The first-order valence-electron chi connectivity index (χ1n) is 7.79. The van der Waals surface area contributed by atoms with Gasteiger partial charge in [0, 0.05) is 18.2 Å². The van der Waals surface area contributed by atoms with Crippen molar-refractivity contribution in [1.82, 2.24) is 10.6 Å². The second-order valence-corrected chi connectivity index (χ2v) is 5.58. The largest absolute Gasteiger partial charge is 0.508 e. The molecule has 0 saturated carbocycles. The highest BCUT2D eigenvalue weighted by atomic mass is 19.3. The number of ether oxygens (including phenoxy) is 1. The van der Waals surface area contributed by atoms with Gasteiger partial charge < -0.3 is 20.5 Å². The fraction of sp³-hybridized carbons (Fsp3) is 0.278. The van der Waals surface area contributed by atoms with E-state index < -0.39 is 12.6 Å². The number of aromatic hydroxyl groups is 1. The van der Waals surface area contributed by atoms with Gasteiger partial charge in [0.25, 0.3) is 0 Å². The first-order chi connectivity index (χ1) is 11.9. The van der Waals surface area contributed by atoms with Crippen LogP contribution in [0, 0.1) is 0 Å². The lowest BCUT2D eigenvalue weighted by Gasteiger charge is -2.16. The third-order valence-electron chi connectivity index (χ3n) is 3.48. The van der Waals surface area contributed by atoms with Crippen LogP contribution in [0.15, 0.2) is 48.5 Å². The van der Waals surface area contributed by atoms with Crippen molar-refractivity contribution in [3.8, 4) is 11.5 Å². The molecule has 0 heterocycles. The standard InChI is InChI=1S/C18H20F2N2O3/c1-12(10-13-6-8-15(23)9-7-13)22-18(24)21-11-14-4-2-3-5-16(14)25-17(19)20/h2-9,12,17,23H,10-11H2,1H3,(H2,21,22,24). The Labute approximate surface area is 144 Å². The molecule has 0 aromatic heterocycles. The Morgan fingerprint density at radius 2 is 1.84 bits per heavy atom. The van der Waals surface area contributed by atoms with Gasteiger partial charge in [-0.15, -0.1) is 0 Å². The van der Waals surface area contributed by atoms with Gasteiger partial charge in [-0.25, -0.2) is 4.79 Å². The Bertz CT molecular complexity index is 693.